The molecule has 0 saturated carbocycles. The van der Waals surface area contributed by atoms with Crippen LogP contribution >= 0.6 is 11.6 Å². The van der Waals surface area contributed by atoms with Gasteiger partial charge in [-0.2, -0.15) is 0 Å². The highest BCUT2D eigenvalue weighted by Gasteiger charge is 2.13. The minimum absolute atomic E-state index is 0.190. The van der Waals surface area contributed by atoms with Gasteiger partial charge in [-0.3, -0.25) is 4.79 Å². The zero-order valence-electron chi connectivity index (χ0n) is 14.1. The van der Waals surface area contributed by atoms with Crippen molar-refractivity contribution in [3.05, 3.63) is 77.9 Å². The Hall–Kier alpha value is -3.05. The monoisotopic (exact) mass is 367 g/mol. The summed E-state index contributed by atoms with van der Waals surface area (Å²) in [4.78, 5) is 16.3. The number of carbonyl (C=O) groups is 1. The average Bonchev–Trinajstić information content (AvgIpc) is 2.66. The molecule has 1 amide bonds. The lowest BCUT2D eigenvalue weighted by Gasteiger charge is -2.15. The number of ether oxygens (including phenoxy) is 1. The summed E-state index contributed by atoms with van der Waals surface area (Å²) in [5.74, 6) is 1.77. The van der Waals surface area contributed by atoms with Crippen molar-refractivity contribution in [2.75, 3.05) is 10.6 Å². The highest BCUT2D eigenvalue weighted by Crippen LogP contribution is 2.23. The number of pyridine rings is 1. The Morgan fingerprint density at radius 3 is 2.35 bits per heavy atom. The van der Waals surface area contributed by atoms with E-state index >= 15 is 0 Å². The van der Waals surface area contributed by atoms with E-state index < -0.39 is 6.04 Å². The van der Waals surface area contributed by atoms with Crippen molar-refractivity contribution in [2.24, 2.45) is 0 Å². The second-order valence-electron chi connectivity index (χ2n) is 5.66. The summed E-state index contributed by atoms with van der Waals surface area (Å²) in [6.45, 7) is 1.78. The van der Waals surface area contributed by atoms with E-state index in [-0.39, 0.29) is 5.91 Å². The molecule has 1 aromatic heterocycles. The maximum atomic E-state index is 12.2. The number of hydrogen-bond acceptors (Lipinski definition) is 4. The third-order valence-corrected chi connectivity index (χ3v) is 3.81. The number of aromatic nitrogens is 1. The molecule has 3 rings (SSSR count). The fourth-order valence-electron chi connectivity index (χ4n) is 2.24. The van der Waals surface area contributed by atoms with Crippen LogP contribution in [0.3, 0.4) is 0 Å². The molecule has 0 aliphatic carbocycles. The van der Waals surface area contributed by atoms with Gasteiger partial charge in [0.05, 0.1) is 5.02 Å². The summed E-state index contributed by atoms with van der Waals surface area (Å²) < 4.78 is 5.75. The number of amides is 1. The number of anilines is 2. The van der Waals surface area contributed by atoms with Crippen LogP contribution in [0.15, 0.2) is 72.9 Å². The van der Waals surface area contributed by atoms with Crippen molar-refractivity contribution in [3.63, 3.8) is 0 Å². The summed E-state index contributed by atoms with van der Waals surface area (Å²) in [5.41, 5.74) is 0.817. The third kappa shape index (κ3) is 4.97. The molecular formula is C20H18ClN3O2. The summed E-state index contributed by atoms with van der Waals surface area (Å²) in [7, 11) is 0. The fourth-order valence-corrected chi connectivity index (χ4v) is 2.36. The molecule has 0 radical (unpaired) electrons. The summed E-state index contributed by atoms with van der Waals surface area (Å²) >= 11 is 5.78. The van der Waals surface area contributed by atoms with E-state index in [1.54, 1.807) is 19.1 Å². The minimum Gasteiger partial charge on any atom is -0.457 e. The number of rotatable bonds is 6. The maximum Gasteiger partial charge on any atom is 0.247 e. The van der Waals surface area contributed by atoms with E-state index in [4.69, 9.17) is 16.3 Å². The molecule has 0 aliphatic rings. The van der Waals surface area contributed by atoms with Gasteiger partial charge in [-0.1, -0.05) is 29.8 Å². The van der Waals surface area contributed by atoms with Gasteiger partial charge in [0.2, 0.25) is 5.91 Å². The first-order valence-electron chi connectivity index (χ1n) is 8.12. The van der Waals surface area contributed by atoms with Crippen molar-refractivity contribution in [3.8, 4) is 11.5 Å². The Kier molecular flexibility index (Phi) is 5.71. The van der Waals surface area contributed by atoms with Gasteiger partial charge in [-0.05, 0) is 55.5 Å². The van der Waals surface area contributed by atoms with Gasteiger partial charge in [0.1, 0.15) is 23.4 Å². The van der Waals surface area contributed by atoms with Crippen LogP contribution < -0.4 is 15.4 Å². The van der Waals surface area contributed by atoms with Gasteiger partial charge in [0.25, 0.3) is 0 Å². The SMILES string of the molecule is CC(Nc1ccc(Oc2ccccc2)cc1)C(=O)Nc1ccc(Cl)cn1. The van der Waals surface area contributed by atoms with Crippen LogP contribution in [0.2, 0.25) is 5.02 Å². The molecule has 1 atom stereocenters. The van der Waals surface area contributed by atoms with Crippen molar-refractivity contribution < 1.29 is 9.53 Å². The van der Waals surface area contributed by atoms with E-state index in [0.717, 1.165) is 17.2 Å². The van der Waals surface area contributed by atoms with Crippen LogP contribution in [0.5, 0.6) is 11.5 Å². The van der Waals surface area contributed by atoms with E-state index in [1.165, 1.54) is 6.20 Å². The molecule has 0 bridgehead atoms. The Morgan fingerprint density at radius 1 is 1.00 bits per heavy atom. The molecule has 0 fully saturated rings. The molecule has 5 nitrogen and oxygen atoms in total. The van der Waals surface area contributed by atoms with E-state index in [1.807, 2.05) is 54.6 Å². The summed E-state index contributed by atoms with van der Waals surface area (Å²) in [6, 6.07) is 19.9. The molecule has 0 saturated heterocycles. The van der Waals surface area contributed by atoms with E-state index in [0.29, 0.717) is 10.8 Å². The topological polar surface area (TPSA) is 63.2 Å². The molecule has 2 aromatic carbocycles. The Bertz CT molecular complexity index is 852. The number of benzene rings is 2. The Balaban J connectivity index is 1.56. The molecule has 0 spiro atoms. The van der Waals surface area contributed by atoms with Gasteiger partial charge in [-0.15, -0.1) is 0 Å². The first kappa shape index (κ1) is 17.8. The smallest absolute Gasteiger partial charge is 0.247 e. The van der Waals surface area contributed by atoms with Crippen LogP contribution in [-0.2, 0) is 4.79 Å². The zero-order chi connectivity index (χ0) is 18.4. The quantitative estimate of drug-likeness (QED) is 0.645. The number of nitrogens with one attached hydrogen (secondary N) is 2. The standard InChI is InChI=1S/C20H18ClN3O2/c1-14(20(25)24-19-12-7-15(21)13-22-19)23-16-8-10-18(11-9-16)26-17-5-3-2-4-6-17/h2-14,23H,1H3,(H,22,24,25). The predicted octanol–water partition coefficient (Wildman–Crippen LogP) is 4.97. The van der Waals surface area contributed by atoms with Gasteiger partial charge in [0, 0.05) is 11.9 Å². The van der Waals surface area contributed by atoms with E-state index in [2.05, 4.69) is 15.6 Å². The van der Waals surface area contributed by atoms with E-state index in [9.17, 15) is 4.79 Å². The molecular weight excluding hydrogens is 350 g/mol. The lowest BCUT2D eigenvalue weighted by Crippen LogP contribution is -2.32. The number of halogens is 1. The highest BCUT2D eigenvalue weighted by atomic mass is 35.5. The van der Waals surface area contributed by atoms with Gasteiger partial charge in [-0.25, -0.2) is 4.98 Å². The average molecular weight is 368 g/mol. The Morgan fingerprint density at radius 2 is 1.69 bits per heavy atom. The van der Waals surface area contributed by atoms with Crippen molar-refractivity contribution in [1.29, 1.82) is 0 Å². The second-order valence-corrected chi connectivity index (χ2v) is 6.09. The molecule has 2 N–H and O–H groups in total. The largest absolute Gasteiger partial charge is 0.457 e. The van der Waals surface area contributed by atoms with Gasteiger partial charge >= 0.3 is 0 Å². The van der Waals surface area contributed by atoms with Crippen molar-refractivity contribution in [2.45, 2.75) is 13.0 Å². The second kappa shape index (κ2) is 8.36. The molecule has 132 valence electrons. The lowest BCUT2D eigenvalue weighted by molar-refractivity contribution is -0.116. The minimum atomic E-state index is -0.437. The number of para-hydroxylation sites is 1. The molecule has 3 aromatic rings. The first-order valence-corrected chi connectivity index (χ1v) is 8.50. The van der Waals surface area contributed by atoms with Crippen LogP contribution in [0.25, 0.3) is 0 Å². The molecule has 1 heterocycles. The first-order chi connectivity index (χ1) is 12.6. The molecule has 26 heavy (non-hydrogen) atoms. The van der Waals surface area contributed by atoms with Crippen LogP contribution in [-0.4, -0.2) is 16.9 Å². The molecule has 0 aliphatic heterocycles. The summed E-state index contributed by atoms with van der Waals surface area (Å²) in [6.07, 6.45) is 1.49. The van der Waals surface area contributed by atoms with Crippen molar-refractivity contribution >= 4 is 29.0 Å². The fraction of sp³-hybridized carbons (Fsp3) is 0.100. The zero-order valence-corrected chi connectivity index (χ0v) is 14.9. The molecule has 1 unspecified atom stereocenters. The van der Waals surface area contributed by atoms with Gasteiger partial charge < -0.3 is 15.4 Å². The van der Waals surface area contributed by atoms with Crippen LogP contribution in [0.4, 0.5) is 11.5 Å². The van der Waals surface area contributed by atoms with Crippen molar-refractivity contribution in [1.82, 2.24) is 4.98 Å². The number of hydrogen-bond donors (Lipinski definition) is 2. The number of carbonyl (C=O) groups excluding carboxylic acids is 1. The van der Waals surface area contributed by atoms with Crippen LogP contribution in [0, 0.1) is 0 Å². The predicted molar refractivity (Wildman–Crippen MR) is 104 cm³/mol. The van der Waals surface area contributed by atoms with Crippen LogP contribution in [0.1, 0.15) is 6.92 Å². The maximum absolute atomic E-state index is 12.2. The third-order valence-electron chi connectivity index (χ3n) is 3.59. The Labute approximate surface area is 157 Å². The molecule has 6 heteroatoms. The number of nitrogens with zero attached hydrogens (tertiary/aromatic N) is 1. The van der Waals surface area contributed by atoms with Gasteiger partial charge in [0.15, 0.2) is 0 Å². The highest BCUT2D eigenvalue weighted by molar-refractivity contribution is 6.30. The summed E-state index contributed by atoms with van der Waals surface area (Å²) in [5, 5.41) is 6.40. The lowest BCUT2D eigenvalue weighted by atomic mass is 10.2. The normalized spacial score (nSPS) is 11.5.